The number of hydrogen-bond donors (Lipinski definition) is 2. The zero-order chi connectivity index (χ0) is 16.8. The number of carbonyl (C=O) groups excluding carboxylic acids is 2. The van der Waals surface area contributed by atoms with Crippen LogP contribution in [0, 0.1) is 0 Å². The van der Waals surface area contributed by atoms with Gasteiger partial charge in [-0.05, 0) is 17.7 Å². The summed E-state index contributed by atoms with van der Waals surface area (Å²) in [5.74, 6) is -0.814. The van der Waals surface area contributed by atoms with Crippen LogP contribution >= 0.6 is 15.9 Å². The first kappa shape index (κ1) is 17.0. The van der Waals surface area contributed by atoms with Crippen molar-refractivity contribution >= 4 is 27.7 Å². The standard InChI is InChI=1S/C17H17BrN2O3/c18-14-7-6-13(15(21)9-14)8-17(23)20(11-16(19)22)10-12-4-2-1-3-5-12/h1-7,9,21H,8,10-11H2,(H2,19,22). The molecule has 2 rings (SSSR count). The predicted molar refractivity (Wildman–Crippen MR) is 90.6 cm³/mol. The van der Waals surface area contributed by atoms with E-state index in [-0.39, 0.29) is 24.6 Å². The number of benzene rings is 2. The summed E-state index contributed by atoms with van der Waals surface area (Å²) < 4.78 is 0.726. The largest absolute Gasteiger partial charge is 0.508 e. The summed E-state index contributed by atoms with van der Waals surface area (Å²) in [5, 5.41) is 9.90. The summed E-state index contributed by atoms with van der Waals surface area (Å²) >= 11 is 3.25. The van der Waals surface area contributed by atoms with Gasteiger partial charge in [-0.15, -0.1) is 0 Å². The number of nitrogens with zero attached hydrogens (tertiary/aromatic N) is 1. The maximum absolute atomic E-state index is 12.5. The van der Waals surface area contributed by atoms with Gasteiger partial charge in [0.2, 0.25) is 11.8 Å². The minimum atomic E-state index is -0.575. The Labute approximate surface area is 142 Å². The van der Waals surface area contributed by atoms with Crippen molar-refractivity contribution in [1.29, 1.82) is 0 Å². The number of phenolic OH excluding ortho intramolecular Hbond substituents is 1. The maximum atomic E-state index is 12.5. The minimum Gasteiger partial charge on any atom is -0.508 e. The van der Waals surface area contributed by atoms with E-state index in [4.69, 9.17) is 5.73 Å². The molecule has 0 bridgehead atoms. The number of aromatic hydroxyl groups is 1. The maximum Gasteiger partial charge on any atom is 0.237 e. The van der Waals surface area contributed by atoms with Crippen molar-refractivity contribution in [3.8, 4) is 5.75 Å². The number of nitrogens with two attached hydrogens (primary N) is 1. The first-order chi connectivity index (χ1) is 11.0. The number of hydrogen-bond acceptors (Lipinski definition) is 3. The molecule has 0 aliphatic heterocycles. The molecule has 2 amide bonds. The molecule has 0 aliphatic carbocycles. The van der Waals surface area contributed by atoms with Gasteiger partial charge in [0.15, 0.2) is 0 Å². The normalized spacial score (nSPS) is 10.3. The number of carbonyl (C=O) groups is 2. The van der Waals surface area contributed by atoms with E-state index in [0.29, 0.717) is 12.1 Å². The van der Waals surface area contributed by atoms with Crippen molar-refractivity contribution in [2.75, 3.05) is 6.54 Å². The van der Waals surface area contributed by atoms with Crippen LogP contribution in [0.25, 0.3) is 0 Å². The van der Waals surface area contributed by atoms with Crippen molar-refractivity contribution in [3.63, 3.8) is 0 Å². The average Bonchev–Trinajstić information content (AvgIpc) is 2.50. The Bertz CT molecular complexity index is 704. The van der Waals surface area contributed by atoms with Gasteiger partial charge in [0.25, 0.3) is 0 Å². The Morgan fingerprint density at radius 2 is 1.83 bits per heavy atom. The van der Waals surface area contributed by atoms with E-state index in [2.05, 4.69) is 15.9 Å². The Kier molecular flexibility index (Phi) is 5.76. The van der Waals surface area contributed by atoms with Crippen LogP contribution in [-0.2, 0) is 22.6 Å². The average molecular weight is 377 g/mol. The highest BCUT2D eigenvalue weighted by Gasteiger charge is 2.18. The second kappa shape index (κ2) is 7.78. The Balaban J connectivity index is 2.14. The van der Waals surface area contributed by atoms with Gasteiger partial charge in [0, 0.05) is 16.6 Å². The lowest BCUT2D eigenvalue weighted by Gasteiger charge is -2.21. The molecule has 0 radical (unpaired) electrons. The molecule has 0 fully saturated rings. The van der Waals surface area contributed by atoms with Crippen LogP contribution in [0.1, 0.15) is 11.1 Å². The van der Waals surface area contributed by atoms with Gasteiger partial charge < -0.3 is 15.7 Å². The van der Waals surface area contributed by atoms with Crippen molar-refractivity contribution in [3.05, 3.63) is 64.1 Å². The molecule has 0 spiro atoms. The van der Waals surface area contributed by atoms with E-state index in [9.17, 15) is 14.7 Å². The SMILES string of the molecule is NC(=O)CN(Cc1ccccc1)C(=O)Cc1ccc(Br)cc1O. The molecule has 2 aromatic rings. The predicted octanol–water partition coefficient (Wildman–Crippen LogP) is 2.21. The lowest BCUT2D eigenvalue weighted by molar-refractivity contribution is -0.135. The summed E-state index contributed by atoms with van der Waals surface area (Å²) in [6.45, 7) is 0.130. The summed E-state index contributed by atoms with van der Waals surface area (Å²) in [7, 11) is 0. The lowest BCUT2D eigenvalue weighted by atomic mass is 10.1. The molecule has 120 valence electrons. The van der Waals surface area contributed by atoms with Gasteiger partial charge in [-0.1, -0.05) is 52.3 Å². The number of halogens is 1. The molecular weight excluding hydrogens is 360 g/mol. The van der Waals surface area contributed by atoms with Crippen molar-refractivity contribution in [1.82, 2.24) is 4.90 Å². The smallest absolute Gasteiger partial charge is 0.237 e. The van der Waals surface area contributed by atoms with Crippen LogP contribution in [0.5, 0.6) is 5.75 Å². The molecule has 3 N–H and O–H groups in total. The number of amides is 2. The van der Waals surface area contributed by atoms with E-state index in [1.54, 1.807) is 12.1 Å². The Morgan fingerprint density at radius 1 is 1.13 bits per heavy atom. The third-order valence-electron chi connectivity index (χ3n) is 3.30. The molecular formula is C17H17BrN2O3. The minimum absolute atomic E-state index is 0.000767. The van der Waals surface area contributed by atoms with Crippen molar-refractivity contribution in [2.45, 2.75) is 13.0 Å². The van der Waals surface area contributed by atoms with Crippen LogP contribution in [-0.4, -0.2) is 28.4 Å². The molecule has 0 unspecified atom stereocenters. The second-order valence-electron chi connectivity index (χ2n) is 5.15. The molecule has 6 heteroatoms. The molecule has 0 saturated heterocycles. The van der Waals surface area contributed by atoms with E-state index < -0.39 is 5.91 Å². The van der Waals surface area contributed by atoms with Gasteiger partial charge in [0.1, 0.15) is 5.75 Å². The molecule has 0 atom stereocenters. The summed E-state index contributed by atoms with van der Waals surface area (Å²) in [5.41, 5.74) is 6.64. The van der Waals surface area contributed by atoms with E-state index in [0.717, 1.165) is 10.0 Å². The van der Waals surface area contributed by atoms with Crippen LogP contribution in [0.4, 0.5) is 0 Å². The van der Waals surface area contributed by atoms with E-state index in [1.165, 1.54) is 11.0 Å². The monoisotopic (exact) mass is 376 g/mol. The Hall–Kier alpha value is -2.34. The molecule has 0 heterocycles. The third kappa shape index (κ3) is 5.10. The second-order valence-corrected chi connectivity index (χ2v) is 6.07. The molecule has 0 aromatic heterocycles. The highest BCUT2D eigenvalue weighted by Crippen LogP contribution is 2.23. The molecule has 23 heavy (non-hydrogen) atoms. The quantitative estimate of drug-likeness (QED) is 0.810. The first-order valence-electron chi connectivity index (χ1n) is 7.03. The fraction of sp³-hybridized carbons (Fsp3) is 0.176. The third-order valence-corrected chi connectivity index (χ3v) is 3.80. The van der Waals surface area contributed by atoms with Gasteiger partial charge in [-0.3, -0.25) is 9.59 Å². The number of primary amides is 1. The highest BCUT2D eigenvalue weighted by atomic mass is 79.9. The zero-order valence-corrected chi connectivity index (χ0v) is 14.0. The highest BCUT2D eigenvalue weighted by molar-refractivity contribution is 9.10. The van der Waals surface area contributed by atoms with Crippen LogP contribution in [0.15, 0.2) is 53.0 Å². The zero-order valence-electron chi connectivity index (χ0n) is 12.4. The van der Waals surface area contributed by atoms with E-state index in [1.807, 2.05) is 30.3 Å². The van der Waals surface area contributed by atoms with Gasteiger partial charge in [0.05, 0.1) is 13.0 Å². The van der Waals surface area contributed by atoms with Crippen molar-refractivity contribution in [2.24, 2.45) is 5.73 Å². The molecule has 0 aliphatic rings. The van der Waals surface area contributed by atoms with Crippen LogP contribution in [0.2, 0.25) is 0 Å². The summed E-state index contributed by atoms with van der Waals surface area (Å²) in [4.78, 5) is 25.1. The number of phenols is 1. The van der Waals surface area contributed by atoms with Crippen LogP contribution in [0.3, 0.4) is 0 Å². The molecule has 2 aromatic carbocycles. The topological polar surface area (TPSA) is 83.6 Å². The van der Waals surface area contributed by atoms with Gasteiger partial charge >= 0.3 is 0 Å². The first-order valence-corrected chi connectivity index (χ1v) is 7.82. The fourth-order valence-electron chi connectivity index (χ4n) is 2.19. The van der Waals surface area contributed by atoms with Crippen molar-refractivity contribution < 1.29 is 14.7 Å². The van der Waals surface area contributed by atoms with E-state index >= 15 is 0 Å². The summed E-state index contributed by atoms with van der Waals surface area (Å²) in [6, 6.07) is 14.3. The lowest BCUT2D eigenvalue weighted by Crippen LogP contribution is -2.38. The fourth-order valence-corrected chi connectivity index (χ4v) is 2.53. The molecule has 0 saturated carbocycles. The van der Waals surface area contributed by atoms with Gasteiger partial charge in [-0.25, -0.2) is 0 Å². The van der Waals surface area contributed by atoms with Gasteiger partial charge in [-0.2, -0.15) is 0 Å². The number of rotatable bonds is 6. The molecule has 5 nitrogen and oxygen atoms in total. The van der Waals surface area contributed by atoms with Crippen LogP contribution < -0.4 is 5.73 Å². The summed E-state index contributed by atoms with van der Waals surface area (Å²) in [6.07, 6.45) is -0.000767. The Morgan fingerprint density at radius 3 is 2.43 bits per heavy atom.